The number of esters is 1. The molecule has 0 saturated carbocycles. The van der Waals surface area contributed by atoms with Crippen LogP contribution in [-0.4, -0.2) is 23.8 Å². The van der Waals surface area contributed by atoms with Crippen molar-refractivity contribution in [3.63, 3.8) is 0 Å². The van der Waals surface area contributed by atoms with Crippen LogP contribution in [0, 0.1) is 0 Å². The molecule has 1 aromatic heterocycles. The van der Waals surface area contributed by atoms with E-state index >= 15 is 0 Å². The first-order valence-corrected chi connectivity index (χ1v) is 9.07. The van der Waals surface area contributed by atoms with Gasteiger partial charge in [-0.2, -0.15) is 0 Å². The number of pyridine rings is 1. The summed E-state index contributed by atoms with van der Waals surface area (Å²) < 4.78 is 10.7. The van der Waals surface area contributed by atoms with Crippen molar-refractivity contribution in [3.8, 4) is 0 Å². The standard InChI is InChI=1S/C22H20N2O4/c1-27-22(26)20-18(14-8-5-9-24-12-14)19-16(25)10-15(11-17(19)28-21(20)23)13-6-3-2-4-7-13/h2-9,12,15,18H,10-11,23H2,1H3/t15-,18-/m1/s1. The molecule has 2 atom stereocenters. The van der Waals surface area contributed by atoms with Crippen LogP contribution in [0.15, 0.2) is 77.6 Å². The average molecular weight is 376 g/mol. The van der Waals surface area contributed by atoms with Gasteiger partial charge in [0.1, 0.15) is 11.3 Å². The highest BCUT2D eigenvalue weighted by Gasteiger charge is 2.43. The summed E-state index contributed by atoms with van der Waals surface area (Å²) in [5, 5.41) is 0. The van der Waals surface area contributed by atoms with Crippen molar-refractivity contribution in [1.29, 1.82) is 0 Å². The lowest BCUT2D eigenvalue weighted by molar-refractivity contribution is -0.136. The number of aromatic nitrogens is 1. The van der Waals surface area contributed by atoms with Crippen LogP contribution in [0.1, 0.15) is 35.8 Å². The molecular formula is C22H20N2O4. The molecule has 28 heavy (non-hydrogen) atoms. The van der Waals surface area contributed by atoms with E-state index in [2.05, 4.69) is 4.98 Å². The Morgan fingerprint density at radius 3 is 2.57 bits per heavy atom. The fraction of sp³-hybridized carbons (Fsp3) is 0.227. The van der Waals surface area contributed by atoms with Crippen LogP contribution < -0.4 is 5.73 Å². The Labute approximate surface area is 162 Å². The predicted molar refractivity (Wildman–Crippen MR) is 102 cm³/mol. The topological polar surface area (TPSA) is 91.5 Å². The van der Waals surface area contributed by atoms with Gasteiger partial charge >= 0.3 is 5.97 Å². The van der Waals surface area contributed by atoms with E-state index in [1.54, 1.807) is 18.5 Å². The normalized spacial score (nSPS) is 21.8. The number of ketones is 1. The molecule has 2 heterocycles. The zero-order valence-corrected chi connectivity index (χ0v) is 15.4. The van der Waals surface area contributed by atoms with Gasteiger partial charge in [0.2, 0.25) is 5.88 Å². The van der Waals surface area contributed by atoms with Gasteiger partial charge in [0.25, 0.3) is 0 Å². The summed E-state index contributed by atoms with van der Waals surface area (Å²) in [6.45, 7) is 0. The van der Waals surface area contributed by atoms with E-state index in [-0.39, 0.29) is 23.2 Å². The average Bonchev–Trinajstić information content (AvgIpc) is 2.73. The molecule has 0 saturated heterocycles. The largest absolute Gasteiger partial charge is 0.465 e. The summed E-state index contributed by atoms with van der Waals surface area (Å²) in [5.41, 5.74) is 8.49. The van der Waals surface area contributed by atoms with Gasteiger partial charge in [-0.25, -0.2) is 4.79 Å². The lowest BCUT2D eigenvalue weighted by atomic mass is 9.73. The number of rotatable bonds is 3. The lowest BCUT2D eigenvalue weighted by Gasteiger charge is -2.34. The van der Waals surface area contributed by atoms with Crippen LogP contribution in [0.5, 0.6) is 0 Å². The Bertz CT molecular complexity index is 980. The highest BCUT2D eigenvalue weighted by Crippen LogP contribution is 2.46. The van der Waals surface area contributed by atoms with Crippen LogP contribution in [0.4, 0.5) is 0 Å². The van der Waals surface area contributed by atoms with Crippen LogP contribution >= 0.6 is 0 Å². The Morgan fingerprint density at radius 2 is 1.89 bits per heavy atom. The zero-order valence-electron chi connectivity index (χ0n) is 15.4. The van der Waals surface area contributed by atoms with Crippen LogP contribution in [-0.2, 0) is 19.1 Å². The first-order chi connectivity index (χ1) is 13.6. The molecule has 0 radical (unpaired) electrons. The maximum absolute atomic E-state index is 13.2. The van der Waals surface area contributed by atoms with E-state index in [4.69, 9.17) is 15.2 Å². The fourth-order valence-corrected chi connectivity index (χ4v) is 3.96. The summed E-state index contributed by atoms with van der Waals surface area (Å²) in [4.78, 5) is 29.8. The van der Waals surface area contributed by atoms with E-state index in [0.717, 1.165) is 5.56 Å². The van der Waals surface area contributed by atoms with E-state index in [0.29, 0.717) is 29.7 Å². The summed E-state index contributed by atoms with van der Waals surface area (Å²) in [6, 6.07) is 13.4. The van der Waals surface area contributed by atoms with Gasteiger partial charge in [-0.05, 0) is 23.1 Å². The number of benzene rings is 1. The Hall–Kier alpha value is -3.41. The molecular weight excluding hydrogens is 356 g/mol. The SMILES string of the molecule is COC(=O)C1=C(N)OC2=C(C(=O)C[C@@H](c3ccccc3)C2)[C@H]1c1cccnc1. The number of nitrogens with two attached hydrogens (primary N) is 1. The van der Waals surface area contributed by atoms with Crippen molar-refractivity contribution < 1.29 is 19.1 Å². The molecule has 6 nitrogen and oxygen atoms in total. The number of ether oxygens (including phenoxy) is 2. The lowest BCUT2D eigenvalue weighted by Crippen LogP contribution is -2.33. The quantitative estimate of drug-likeness (QED) is 0.828. The second kappa shape index (κ2) is 7.31. The third-order valence-corrected chi connectivity index (χ3v) is 5.23. The van der Waals surface area contributed by atoms with Crippen molar-refractivity contribution in [2.75, 3.05) is 7.11 Å². The van der Waals surface area contributed by atoms with E-state index in [1.165, 1.54) is 7.11 Å². The molecule has 1 aliphatic carbocycles. The number of hydrogen-bond donors (Lipinski definition) is 1. The van der Waals surface area contributed by atoms with Crippen molar-refractivity contribution in [3.05, 3.63) is 88.8 Å². The minimum Gasteiger partial charge on any atom is -0.465 e. The minimum absolute atomic E-state index is 0.00877. The van der Waals surface area contributed by atoms with Crippen molar-refractivity contribution in [2.24, 2.45) is 5.73 Å². The highest BCUT2D eigenvalue weighted by atomic mass is 16.5. The first-order valence-electron chi connectivity index (χ1n) is 9.07. The Balaban J connectivity index is 1.81. The predicted octanol–water partition coefficient (Wildman–Crippen LogP) is 2.94. The zero-order chi connectivity index (χ0) is 19.7. The van der Waals surface area contributed by atoms with Crippen molar-refractivity contribution in [2.45, 2.75) is 24.7 Å². The highest BCUT2D eigenvalue weighted by molar-refractivity contribution is 6.03. The van der Waals surface area contributed by atoms with E-state index in [9.17, 15) is 9.59 Å². The molecule has 0 bridgehead atoms. The number of methoxy groups -OCH3 is 1. The van der Waals surface area contributed by atoms with Crippen LogP contribution in [0.3, 0.4) is 0 Å². The number of allylic oxidation sites excluding steroid dienone is 2. The third kappa shape index (κ3) is 3.07. The van der Waals surface area contributed by atoms with Gasteiger partial charge in [-0.1, -0.05) is 36.4 Å². The van der Waals surface area contributed by atoms with Gasteiger partial charge in [-0.15, -0.1) is 0 Å². The fourth-order valence-electron chi connectivity index (χ4n) is 3.96. The number of nitrogens with zero attached hydrogens (tertiary/aromatic N) is 1. The van der Waals surface area contributed by atoms with E-state index < -0.39 is 11.9 Å². The molecule has 2 aliphatic rings. The Morgan fingerprint density at radius 1 is 1.14 bits per heavy atom. The number of hydrogen-bond acceptors (Lipinski definition) is 6. The summed E-state index contributed by atoms with van der Waals surface area (Å²) >= 11 is 0. The third-order valence-electron chi connectivity index (χ3n) is 5.23. The maximum atomic E-state index is 13.2. The molecule has 0 amide bonds. The smallest absolute Gasteiger partial charge is 0.340 e. The second-order valence-electron chi connectivity index (χ2n) is 6.87. The molecule has 4 rings (SSSR count). The molecule has 2 N–H and O–H groups in total. The van der Waals surface area contributed by atoms with Crippen molar-refractivity contribution >= 4 is 11.8 Å². The number of Topliss-reactive ketones (excluding diaryl/α,β-unsaturated/α-hetero) is 1. The van der Waals surface area contributed by atoms with E-state index in [1.807, 2.05) is 36.4 Å². The van der Waals surface area contributed by atoms with Crippen LogP contribution in [0.25, 0.3) is 0 Å². The first kappa shape index (κ1) is 18.0. The van der Waals surface area contributed by atoms with Gasteiger partial charge in [-0.3, -0.25) is 9.78 Å². The van der Waals surface area contributed by atoms with Gasteiger partial charge in [0.05, 0.1) is 13.0 Å². The van der Waals surface area contributed by atoms with Crippen molar-refractivity contribution in [1.82, 2.24) is 4.98 Å². The number of carbonyl (C=O) groups excluding carboxylic acids is 2. The monoisotopic (exact) mass is 376 g/mol. The molecule has 0 unspecified atom stereocenters. The van der Waals surface area contributed by atoms with Gasteiger partial charge < -0.3 is 15.2 Å². The molecule has 2 aromatic rings. The summed E-state index contributed by atoms with van der Waals surface area (Å²) in [7, 11) is 1.28. The van der Waals surface area contributed by atoms with Gasteiger partial charge in [0, 0.05) is 30.8 Å². The molecule has 1 aromatic carbocycles. The molecule has 1 aliphatic heterocycles. The van der Waals surface area contributed by atoms with Gasteiger partial charge in [0.15, 0.2) is 5.78 Å². The maximum Gasteiger partial charge on any atom is 0.340 e. The summed E-state index contributed by atoms with van der Waals surface area (Å²) in [5.74, 6) is -0.817. The Kier molecular flexibility index (Phi) is 4.69. The summed E-state index contributed by atoms with van der Waals surface area (Å²) in [6.07, 6.45) is 4.15. The van der Waals surface area contributed by atoms with Crippen LogP contribution in [0.2, 0.25) is 0 Å². The molecule has 6 heteroatoms. The minimum atomic E-state index is -0.644. The number of carbonyl (C=O) groups is 2. The second-order valence-corrected chi connectivity index (χ2v) is 6.87. The molecule has 0 fully saturated rings. The molecule has 142 valence electrons. The molecule has 0 spiro atoms.